The molecule has 0 spiro atoms. The SMILES string of the molecule is CC(C)C1(C(=O)O)CCN(C(=O)NC2C=CS(=O)(=O)C2)C1. The Morgan fingerprint density at radius 3 is 2.52 bits per heavy atom. The van der Waals surface area contributed by atoms with Crippen LogP contribution < -0.4 is 5.32 Å². The summed E-state index contributed by atoms with van der Waals surface area (Å²) >= 11 is 0. The van der Waals surface area contributed by atoms with E-state index >= 15 is 0 Å². The highest BCUT2D eigenvalue weighted by molar-refractivity contribution is 7.94. The first-order valence-corrected chi connectivity index (χ1v) is 8.58. The van der Waals surface area contributed by atoms with Crippen molar-refractivity contribution in [2.24, 2.45) is 11.3 Å². The van der Waals surface area contributed by atoms with Crippen molar-refractivity contribution in [3.63, 3.8) is 0 Å². The molecule has 2 atom stereocenters. The number of aliphatic carboxylic acids is 1. The number of carbonyl (C=O) groups excluding carboxylic acids is 1. The lowest BCUT2D eigenvalue weighted by Crippen LogP contribution is -2.46. The van der Waals surface area contributed by atoms with E-state index in [0.29, 0.717) is 13.0 Å². The van der Waals surface area contributed by atoms with E-state index in [9.17, 15) is 23.1 Å². The summed E-state index contributed by atoms with van der Waals surface area (Å²) in [6, 6.07) is -0.952. The van der Waals surface area contributed by atoms with Gasteiger partial charge in [0, 0.05) is 18.5 Å². The van der Waals surface area contributed by atoms with Crippen LogP contribution in [0.25, 0.3) is 0 Å². The minimum Gasteiger partial charge on any atom is -0.481 e. The van der Waals surface area contributed by atoms with E-state index in [1.807, 2.05) is 13.8 Å². The van der Waals surface area contributed by atoms with E-state index in [1.54, 1.807) is 0 Å². The Morgan fingerprint density at radius 1 is 1.43 bits per heavy atom. The van der Waals surface area contributed by atoms with Crippen molar-refractivity contribution < 1.29 is 23.1 Å². The smallest absolute Gasteiger partial charge is 0.317 e. The van der Waals surface area contributed by atoms with Gasteiger partial charge in [-0.3, -0.25) is 4.79 Å². The van der Waals surface area contributed by atoms with Crippen LogP contribution in [0.2, 0.25) is 0 Å². The zero-order chi connectivity index (χ0) is 15.8. The molecule has 2 aliphatic heterocycles. The summed E-state index contributed by atoms with van der Waals surface area (Å²) in [6.07, 6.45) is 1.85. The predicted octanol–water partition coefficient (Wildman–Crippen LogP) is 0.439. The molecule has 2 heterocycles. The summed E-state index contributed by atoms with van der Waals surface area (Å²) in [5.41, 5.74) is -0.922. The lowest BCUT2D eigenvalue weighted by Gasteiger charge is -2.28. The normalized spacial score (nSPS) is 30.8. The number of sulfone groups is 1. The van der Waals surface area contributed by atoms with E-state index in [4.69, 9.17) is 0 Å². The average Bonchev–Trinajstić information content (AvgIpc) is 2.94. The van der Waals surface area contributed by atoms with Crippen molar-refractivity contribution >= 4 is 21.8 Å². The lowest BCUT2D eigenvalue weighted by atomic mass is 9.76. The van der Waals surface area contributed by atoms with Crippen LogP contribution in [0.15, 0.2) is 11.5 Å². The quantitative estimate of drug-likeness (QED) is 0.786. The molecule has 21 heavy (non-hydrogen) atoms. The monoisotopic (exact) mass is 316 g/mol. The molecule has 2 aliphatic rings. The Bertz CT molecular complexity index is 583. The Balaban J connectivity index is 2.00. The van der Waals surface area contributed by atoms with Gasteiger partial charge in [-0.15, -0.1) is 0 Å². The van der Waals surface area contributed by atoms with Crippen LogP contribution in [-0.4, -0.2) is 55.3 Å². The van der Waals surface area contributed by atoms with E-state index in [1.165, 1.54) is 11.0 Å². The number of carboxylic acid groups (broad SMARTS) is 1. The van der Waals surface area contributed by atoms with Crippen molar-refractivity contribution in [3.05, 3.63) is 11.5 Å². The molecule has 7 nitrogen and oxygen atoms in total. The van der Waals surface area contributed by atoms with Gasteiger partial charge in [0.15, 0.2) is 9.84 Å². The van der Waals surface area contributed by atoms with Gasteiger partial charge in [-0.2, -0.15) is 0 Å². The molecule has 0 bridgehead atoms. The fraction of sp³-hybridized carbons (Fsp3) is 0.692. The van der Waals surface area contributed by atoms with Crippen LogP contribution in [0.5, 0.6) is 0 Å². The van der Waals surface area contributed by atoms with Gasteiger partial charge in [0.25, 0.3) is 0 Å². The molecule has 2 N–H and O–H groups in total. The van der Waals surface area contributed by atoms with Gasteiger partial charge in [-0.25, -0.2) is 13.2 Å². The molecule has 2 unspecified atom stereocenters. The zero-order valence-corrected chi connectivity index (χ0v) is 12.9. The van der Waals surface area contributed by atoms with Gasteiger partial charge in [0.2, 0.25) is 0 Å². The van der Waals surface area contributed by atoms with Crippen LogP contribution in [0, 0.1) is 11.3 Å². The van der Waals surface area contributed by atoms with Crippen LogP contribution in [0.4, 0.5) is 4.79 Å². The largest absolute Gasteiger partial charge is 0.481 e. The van der Waals surface area contributed by atoms with Gasteiger partial charge < -0.3 is 15.3 Å². The Labute approximate surface area is 123 Å². The summed E-state index contributed by atoms with van der Waals surface area (Å²) in [5.74, 6) is -1.11. The molecule has 0 radical (unpaired) electrons. The van der Waals surface area contributed by atoms with Crippen molar-refractivity contribution in [2.75, 3.05) is 18.8 Å². The molecule has 1 saturated heterocycles. The molecule has 0 aromatic heterocycles. The highest BCUT2D eigenvalue weighted by Crippen LogP contribution is 2.38. The summed E-state index contributed by atoms with van der Waals surface area (Å²) in [7, 11) is -3.22. The summed E-state index contributed by atoms with van der Waals surface area (Å²) in [4.78, 5) is 25.1. The first kappa shape index (κ1) is 15.8. The molecule has 0 aromatic carbocycles. The maximum atomic E-state index is 12.1. The van der Waals surface area contributed by atoms with E-state index in [-0.39, 0.29) is 18.2 Å². The molecular formula is C13H20N2O5S. The van der Waals surface area contributed by atoms with Gasteiger partial charge >= 0.3 is 12.0 Å². The topological polar surface area (TPSA) is 104 Å². The Hall–Kier alpha value is -1.57. The van der Waals surface area contributed by atoms with Crippen molar-refractivity contribution in [3.8, 4) is 0 Å². The number of likely N-dealkylation sites (tertiary alicyclic amines) is 1. The number of hydrogen-bond acceptors (Lipinski definition) is 4. The Kier molecular flexibility index (Phi) is 4.01. The second-order valence-electron chi connectivity index (χ2n) is 6.00. The summed E-state index contributed by atoms with van der Waals surface area (Å²) < 4.78 is 22.6. The number of rotatable bonds is 3. The van der Waals surface area contributed by atoms with Gasteiger partial charge in [0.1, 0.15) is 0 Å². The molecule has 0 aliphatic carbocycles. The number of nitrogens with zero attached hydrogens (tertiary/aromatic N) is 1. The fourth-order valence-electron chi connectivity index (χ4n) is 2.81. The van der Waals surface area contributed by atoms with Gasteiger partial charge in [0.05, 0.1) is 17.2 Å². The van der Waals surface area contributed by atoms with Crippen LogP contribution in [0.1, 0.15) is 20.3 Å². The van der Waals surface area contributed by atoms with Crippen LogP contribution in [0.3, 0.4) is 0 Å². The maximum absolute atomic E-state index is 12.1. The standard InChI is InChI=1S/C13H20N2O5S/c1-9(2)13(11(16)17)4-5-15(8-13)12(18)14-10-3-6-21(19,20)7-10/h3,6,9-10H,4-5,7-8H2,1-2H3,(H,14,18)(H,16,17). The number of nitrogens with one attached hydrogen (secondary N) is 1. The molecule has 0 saturated carbocycles. The highest BCUT2D eigenvalue weighted by atomic mass is 32.2. The number of urea groups is 1. The molecule has 2 rings (SSSR count). The van der Waals surface area contributed by atoms with E-state index in [0.717, 1.165) is 5.41 Å². The second-order valence-corrected chi connectivity index (χ2v) is 7.93. The number of amides is 2. The molecule has 2 amide bonds. The third-order valence-corrected chi connectivity index (χ3v) is 5.75. The minimum absolute atomic E-state index is 0.0837. The number of hydrogen-bond donors (Lipinski definition) is 2. The van der Waals surface area contributed by atoms with E-state index < -0.39 is 33.3 Å². The van der Waals surface area contributed by atoms with Crippen LogP contribution in [-0.2, 0) is 14.6 Å². The van der Waals surface area contributed by atoms with E-state index in [2.05, 4.69) is 5.32 Å². The number of carbonyl (C=O) groups is 2. The molecule has 1 fully saturated rings. The summed E-state index contributed by atoms with van der Waals surface area (Å²) in [6.45, 7) is 4.18. The molecule has 118 valence electrons. The second kappa shape index (κ2) is 5.32. The van der Waals surface area contributed by atoms with Crippen molar-refractivity contribution in [1.29, 1.82) is 0 Å². The molecule has 0 aromatic rings. The van der Waals surface area contributed by atoms with Crippen molar-refractivity contribution in [1.82, 2.24) is 10.2 Å². The van der Waals surface area contributed by atoms with Crippen LogP contribution >= 0.6 is 0 Å². The van der Waals surface area contributed by atoms with Gasteiger partial charge in [-0.1, -0.05) is 13.8 Å². The first-order valence-electron chi connectivity index (χ1n) is 6.86. The number of carboxylic acids is 1. The molecular weight excluding hydrogens is 296 g/mol. The third kappa shape index (κ3) is 3.04. The minimum atomic E-state index is -3.22. The third-order valence-electron chi connectivity index (χ3n) is 4.36. The van der Waals surface area contributed by atoms with Crippen molar-refractivity contribution in [2.45, 2.75) is 26.3 Å². The zero-order valence-electron chi connectivity index (χ0n) is 12.1. The average molecular weight is 316 g/mol. The Morgan fingerprint density at radius 2 is 2.10 bits per heavy atom. The maximum Gasteiger partial charge on any atom is 0.317 e. The van der Waals surface area contributed by atoms with Gasteiger partial charge in [-0.05, 0) is 18.4 Å². The first-order chi connectivity index (χ1) is 9.66. The lowest BCUT2D eigenvalue weighted by molar-refractivity contribution is -0.150. The fourth-order valence-corrected chi connectivity index (χ4v) is 4.05. The molecule has 8 heteroatoms. The summed E-state index contributed by atoms with van der Waals surface area (Å²) in [5, 5.41) is 13.2. The predicted molar refractivity (Wildman–Crippen MR) is 76.3 cm³/mol. The highest BCUT2D eigenvalue weighted by Gasteiger charge is 2.48.